The third kappa shape index (κ3) is 2.86. The maximum absolute atomic E-state index is 5.36. The summed E-state index contributed by atoms with van der Waals surface area (Å²) in [7, 11) is 1.72. The Hall–Kier alpha value is -1.46. The van der Waals surface area contributed by atoms with E-state index in [1.807, 2.05) is 6.07 Å². The summed E-state index contributed by atoms with van der Waals surface area (Å²) < 4.78 is 5.32. The van der Waals surface area contributed by atoms with Gasteiger partial charge in [-0.3, -0.25) is 0 Å². The molecule has 0 fully saturated rings. The molecule has 1 aliphatic rings. The zero-order chi connectivity index (χ0) is 13.0. The summed E-state index contributed by atoms with van der Waals surface area (Å²) in [4.78, 5) is 0. The zero-order valence-electron chi connectivity index (χ0n) is 11.2. The molecule has 96 valence electrons. The number of hydrogen-bond donors (Lipinski definition) is 1. The van der Waals surface area contributed by atoms with E-state index in [4.69, 9.17) is 11.2 Å². The predicted octanol–water partition coefficient (Wildman–Crippen LogP) is 3.07. The molecule has 18 heavy (non-hydrogen) atoms. The molecule has 0 spiro atoms. The van der Waals surface area contributed by atoms with Gasteiger partial charge in [-0.1, -0.05) is 6.07 Å². The van der Waals surface area contributed by atoms with Crippen LogP contribution in [0.5, 0.6) is 5.75 Å². The summed E-state index contributed by atoms with van der Waals surface area (Å²) in [6.45, 7) is 2.15. The quantitative estimate of drug-likeness (QED) is 0.821. The number of rotatable bonds is 4. The number of methoxy groups -OCH3 is 1. The minimum absolute atomic E-state index is 0.358. The molecule has 2 rings (SSSR count). The fourth-order valence-corrected chi connectivity index (χ4v) is 2.66. The summed E-state index contributed by atoms with van der Waals surface area (Å²) in [6, 6.07) is 7.17. The van der Waals surface area contributed by atoms with Crippen LogP contribution in [0, 0.1) is 12.3 Å². The van der Waals surface area contributed by atoms with Gasteiger partial charge in [0.1, 0.15) is 5.75 Å². The van der Waals surface area contributed by atoms with Gasteiger partial charge in [-0.15, -0.1) is 12.3 Å². The van der Waals surface area contributed by atoms with E-state index in [2.05, 4.69) is 30.3 Å². The Morgan fingerprint density at radius 3 is 3.11 bits per heavy atom. The molecule has 0 aromatic heterocycles. The number of terminal acetylenes is 1. The lowest BCUT2D eigenvalue weighted by molar-refractivity contribution is 0.397. The van der Waals surface area contributed by atoms with Gasteiger partial charge in [0, 0.05) is 18.5 Å². The van der Waals surface area contributed by atoms with E-state index >= 15 is 0 Å². The zero-order valence-corrected chi connectivity index (χ0v) is 11.2. The van der Waals surface area contributed by atoms with Crippen molar-refractivity contribution in [3.8, 4) is 18.1 Å². The SMILES string of the molecule is C#CCC(C)NC1CCCc2ccc(OC)cc21. The maximum atomic E-state index is 5.36. The first kappa shape index (κ1) is 13.0. The van der Waals surface area contributed by atoms with E-state index in [1.54, 1.807) is 7.11 Å². The van der Waals surface area contributed by atoms with E-state index in [0.29, 0.717) is 12.1 Å². The molecule has 2 atom stereocenters. The molecule has 1 aromatic rings. The average Bonchev–Trinajstić information content (AvgIpc) is 2.39. The molecule has 0 aliphatic heterocycles. The summed E-state index contributed by atoms with van der Waals surface area (Å²) in [5.41, 5.74) is 2.82. The van der Waals surface area contributed by atoms with Crippen molar-refractivity contribution in [1.82, 2.24) is 5.32 Å². The first-order chi connectivity index (χ1) is 8.74. The molecular weight excluding hydrogens is 222 g/mol. The van der Waals surface area contributed by atoms with Crippen molar-refractivity contribution >= 4 is 0 Å². The summed E-state index contributed by atoms with van der Waals surface area (Å²) in [5.74, 6) is 3.65. The van der Waals surface area contributed by atoms with E-state index < -0.39 is 0 Å². The van der Waals surface area contributed by atoms with Gasteiger partial charge >= 0.3 is 0 Å². The van der Waals surface area contributed by atoms with E-state index in [0.717, 1.165) is 12.2 Å². The lowest BCUT2D eigenvalue weighted by Crippen LogP contribution is -2.32. The van der Waals surface area contributed by atoms with Crippen LogP contribution in [0.15, 0.2) is 18.2 Å². The van der Waals surface area contributed by atoms with Crippen molar-refractivity contribution in [1.29, 1.82) is 0 Å². The summed E-state index contributed by atoms with van der Waals surface area (Å²) in [5, 5.41) is 3.63. The van der Waals surface area contributed by atoms with Gasteiger partial charge in [-0.05, 0) is 49.4 Å². The largest absolute Gasteiger partial charge is 0.497 e. The van der Waals surface area contributed by atoms with Crippen LogP contribution >= 0.6 is 0 Å². The van der Waals surface area contributed by atoms with Gasteiger partial charge < -0.3 is 10.1 Å². The van der Waals surface area contributed by atoms with Gasteiger partial charge in [0.15, 0.2) is 0 Å². The second kappa shape index (κ2) is 5.93. The Morgan fingerprint density at radius 2 is 2.39 bits per heavy atom. The molecule has 0 radical (unpaired) electrons. The first-order valence-corrected chi connectivity index (χ1v) is 6.61. The second-order valence-corrected chi connectivity index (χ2v) is 4.99. The molecule has 0 saturated carbocycles. The number of benzene rings is 1. The molecule has 1 N–H and O–H groups in total. The average molecular weight is 243 g/mol. The summed E-state index contributed by atoms with van der Waals surface area (Å²) in [6.07, 6.45) is 9.72. The van der Waals surface area contributed by atoms with Crippen molar-refractivity contribution < 1.29 is 4.74 Å². The van der Waals surface area contributed by atoms with Crippen LogP contribution in [0.3, 0.4) is 0 Å². The minimum Gasteiger partial charge on any atom is -0.497 e. The lowest BCUT2D eigenvalue weighted by Gasteiger charge is -2.29. The van der Waals surface area contributed by atoms with Crippen LogP contribution < -0.4 is 10.1 Å². The van der Waals surface area contributed by atoms with Gasteiger partial charge in [0.05, 0.1) is 7.11 Å². The molecule has 0 saturated heterocycles. The Balaban J connectivity index is 2.18. The molecule has 0 amide bonds. The van der Waals surface area contributed by atoms with Crippen molar-refractivity contribution in [2.75, 3.05) is 7.11 Å². The highest BCUT2D eigenvalue weighted by atomic mass is 16.5. The normalized spacial score (nSPS) is 19.7. The Labute approximate surface area is 110 Å². The highest BCUT2D eigenvalue weighted by Gasteiger charge is 2.21. The standard InChI is InChI=1S/C16H21NO/c1-4-6-12(2)17-16-8-5-7-13-9-10-14(18-3)11-15(13)16/h1,9-12,16-17H,5-8H2,2-3H3. The van der Waals surface area contributed by atoms with Gasteiger partial charge in [0.2, 0.25) is 0 Å². The highest BCUT2D eigenvalue weighted by Crippen LogP contribution is 2.32. The van der Waals surface area contributed by atoms with Crippen LogP contribution in [0.1, 0.15) is 43.4 Å². The third-order valence-electron chi connectivity index (χ3n) is 3.58. The van der Waals surface area contributed by atoms with Crippen LogP contribution in [0.4, 0.5) is 0 Å². The Kier molecular flexibility index (Phi) is 4.28. The smallest absolute Gasteiger partial charge is 0.119 e. The number of fused-ring (bicyclic) bond motifs is 1. The van der Waals surface area contributed by atoms with Crippen LogP contribution in [0.2, 0.25) is 0 Å². The summed E-state index contributed by atoms with van der Waals surface area (Å²) >= 11 is 0. The van der Waals surface area contributed by atoms with Crippen LogP contribution in [0.25, 0.3) is 0 Å². The number of nitrogens with one attached hydrogen (secondary N) is 1. The monoisotopic (exact) mass is 243 g/mol. The molecule has 1 aliphatic carbocycles. The minimum atomic E-state index is 0.358. The maximum Gasteiger partial charge on any atom is 0.119 e. The molecule has 1 aromatic carbocycles. The highest BCUT2D eigenvalue weighted by molar-refractivity contribution is 5.39. The number of ether oxygens (including phenoxy) is 1. The molecule has 2 unspecified atom stereocenters. The molecule has 2 heteroatoms. The Bertz CT molecular complexity index is 447. The second-order valence-electron chi connectivity index (χ2n) is 4.99. The van der Waals surface area contributed by atoms with Crippen molar-refractivity contribution in [2.24, 2.45) is 0 Å². The van der Waals surface area contributed by atoms with Gasteiger partial charge in [-0.2, -0.15) is 0 Å². The van der Waals surface area contributed by atoms with Crippen LogP contribution in [-0.4, -0.2) is 13.2 Å². The fourth-order valence-electron chi connectivity index (χ4n) is 2.66. The third-order valence-corrected chi connectivity index (χ3v) is 3.58. The van der Waals surface area contributed by atoms with Crippen molar-refractivity contribution in [2.45, 2.75) is 44.7 Å². The van der Waals surface area contributed by atoms with E-state index in [1.165, 1.54) is 30.4 Å². The van der Waals surface area contributed by atoms with Crippen LogP contribution in [-0.2, 0) is 6.42 Å². The van der Waals surface area contributed by atoms with Crippen molar-refractivity contribution in [3.63, 3.8) is 0 Å². The van der Waals surface area contributed by atoms with Crippen molar-refractivity contribution in [3.05, 3.63) is 29.3 Å². The van der Waals surface area contributed by atoms with Gasteiger partial charge in [-0.25, -0.2) is 0 Å². The molecule has 0 heterocycles. The Morgan fingerprint density at radius 1 is 1.56 bits per heavy atom. The first-order valence-electron chi connectivity index (χ1n) is 6.61. The lowest BCUT2D eigenvalue weighted by atomic mass is 9.87. The molecule has 0 bridgehead atoms. The fraction of sp³-hybridized carbons (Fsp3) is 0.500. The number of hydrogen-bond acceptors (Lipinski definition) is 2. The van der Waals surface area contributed by atoms with Gasteiger partial charge in [0.25, 0.3) is 0 Å². The molecular formula is C16H21NO. The van der Waals surface area contributed by atoms with E-state index in [9.17, 15) is 0 Å². The predicted molar refractivity (Wildman–Crippen MR) is 74.7 cm³/mol. The van der Waals surface area contributed by atoms with E-state index in [-0.39, 0.29) is 0 Å². The molecule has 2 nitrogen and oxygen atoms in total. The number of aryl methyl sites for hydroxylation is 1. The topological polar surface area (TPSA) is 21.3 Å².